The van der Waals surface area contributed by atoms with Crippen LogP contribution < -0.4 is 10.1 Å². The van der Waals surface area contributed by atoms with E-state index in [1.54, 1.807) is 0 Å². The summed E-state index contributed by atoms with van der Waals surface area (Å²) in [6, 6.07) is 8.35. The molecule has 0 atom stereocenters. The Hall–Kier alpha value is -1.76. The van der Waals surface area contributed by atoms with Crippen LogP contribution in [0.2, 0.25) is 5.02 Å². The lowest BCUT2D eigenvalue weighted by Gasteiger charge is -2.42. The van der Waals surface area contributed by atoms with Crippen LogP contribution >= 0.6 is 11.6 Å². The van der Waals surface area contributed by atoms with Gasteiger partial charge in [0.15, 0.2) is 0 Å². The molecular formula is C22H29ClN4O2. The minimum atomic E-state index is -0.0646. The Labute approximate surface area is 177 Å². The van der Waals surface area contributed by atoms with Gasteiger partial charge in [-0.05, 0) is 31.4 Å². The number of ether oxygens (including phenoxy) is 2. The third-order valence-corrected chi connectivity index (χ3v) is 6.79. The van der Waals surface area contributed by atoms with Crippen LogP contribution in [0.5, 0.6) is 5.75 Å². The molecule has 156 valence electrons. The number of hydrogen-bond acceptors (Lipinski definition) is 5. The molecule has 0 unspecified atom stereocenters. The molecule has 3 aliphatic rings. The van der Waals surface area contributed by atoms with Crippen LogP contribution in [0.15, 0.2) is 24.3 Å². The largest absolute Gasteiger partial charge is 0.492 e. The molecule has 2 aromatic rings. The van der Waals surface area contributed by atoms with E-state index in [0.717, 1.165) is 87.5 Å². The van der Waals surface area contributed by atoms with Crippen LogP contribution in [-0.4, -0.2) is 60.7 Å². The van der Waals surface area contributed by atoms with Gasteiger partial charge >= 0.3 is 0 Å². The molecule has 1 aromatic heterocycles. The first kappa shape index (κ1) is 19.2. The van der Waals surface area contributed by atoms with Gasteiger partial charge in [-0.25, -0.2) is 4.68 Å². The minimum Gasteiger partial charge on any atom is -0.492 e. The van der Waals surface area contributed by atoms with Crippen molar-refractivity contribution in [1.82, 2.24) is 14.7 Å². The number of aryl methyl sites for hydroxylation is 1. The summed E-state index contributed by atoms with van der Waals surface area (Å²) in [6.45, 7) is 7.15. The number of benzene rings is 1. The summed E-state index contributed by atoms with van der Waals surface area (Å²) in [5, 5.41) is 9.18. The maximum Gasteiger partial charge on any atom is 0.125 e. The standard InChI is InChI=1S/C22H29ClN4O2/c23-17-3-4-18(19(15-17)29-14-11-26-9-12-28-13-10-26)22(5-1-6-22)20-16-21-24-7-2-8-27(21)25-20/h3-4,15-16,24H,1-2,5-14H2. The lowest BCUT2D eigenvalue weighted by Crippen LogP contribution is -2.39. The van der Waals surface area contributed by atoms with Gasteiger partial charge in [0.2, 0.25) is 0 Å². The quantitative estimate of drug-likeness (QED) is 0.780. The van der Waals surface area contributed by atoms with Crippen molar-refractivity contribution < 1.29 is 9.47 Å². The molecule has 7 heteroatoms. The Bertz CT molecular complexity index is 835. The topological polar surface area (TPSA) is 51.5 Å². The second-order valence-electron chi connectivity index (χ2n) is 8.30. The van der Waals surface area contributed by atoms with Gasteiger partial charge in [0.05, 0.1) is 18.9 Å². The van der Waals surface area contributed by atoms with Crippen molar-refractivity contribution in [2.45, 2.75) is 37.6 Å². The van der Waals surface area contributed by atoms with E-state index in [4.69, 9.17) is 26.2 Å². The van der Waals surface area contributed by atoms with Crippen molar-refractivity contribution in [1.29, 1.82) is 0 Å². The Morgan fingerprint density at radius 1 is 1.14 bits per heavy atom. The zero-order valence-electron chi connectivity index (χ0n) is 16.8. The van der Waals surface area contributed by atoms with Gasteiger partial charge < -0.3 is 14.8 Å². The number of fused-ring (bicyclic) bond motifs is 1. The number of halogens is 1. The molecular weight excluding hydrogens is 388 g/mol. The average molecular weight is 417 g/mol. The number of nitrogens with one attached hydrogen (secondary N) is 1. The van der Waals surface area contributed by atoms with Crippen molar-refractivity contribution in [3.63, 3.8) is 0 Å². The van der Waals surface area contributed by atoms with Crippen LogP contribution in [-0.2, 0) is 16.7 Å². The fraction of sp³-hybridized carbons (Fsp3) is 0.591. The summed E-state index contributed by atoms with van der Waals surface area (Å²) in [6.07, 6.45) is 4.54. The molecule has 29 heavy (non-hydrogen) atoms. The molecule has 0 radical (unpaired) electrons. The summed E-state index contributed by atoms with van der Waals surface area (Å²) in [4.78, 5) is 2.39. The van der Waals surface area contributed by atoms with Gasteiger partial charge in [-0.3, -0.25) is 4.90 Å². The summed E-state index contributed by atoms with van der Waals surface area (Å²) in [7, 11) is 0. The molecule has 6 nitrogen and oxygen atoms in total. The number of rotatable bonds is 6. The lowest BCUT2D eigenvalue weighted by atomic mass is 9.62. The minimum absolute atomic E-state index is 0.0646. The van der Waals surface area contributed by atoms with Crippen molar-refractivity contribution in [3.05, 3.63) is 40.5 Å². The molecule has 5 rings (SSSR count). The summed E-state index contributed by atoms with van der Waals surface area (Å²) in [5.74, 6) is 2.05. The Morgan fingerprint density at radius 2 is 2.00 bits per heavy atom. The Morgan fingerprint density at radius 3 is 2.76 bits per heavy atom. The molecule has 1 N–H and O–H groups in total. The van der Waals surface area contributed by atoms with Gasteiger partial charge in [0, 0.05) is 54.8 Å². The molecule has 0 amide bonds. The van der Waals surface area contributed by atoms with Gasteiger partial charge in [-0.2, -0.15) is 5.10 Å². The third-order valence-electron chi connectivity index (χ3n) is 6.56. The first-order chi connectivity index (χ1) is 14.2. The Kier molecular flexibility index (Phi) is 5.41. The van der Waals surface area contributed by atoms with Gasteiger partial charge in [0.25, 0.3) is 0 Å². The predicted molar refractivity (Wildman–Crippen MR) is 114 cm³/mol. The lowest BCUT2D eigenvalue weighted by molar-refractivity contribution is 0.0321. The van der Waals surface area contributed by atoms with Crippen molar-refractivity contribution in [2.24, 2.45) is 0 Å². The molecule has 1 saturated carbocycles. The van der Waals surface area contributed by atoms with Crippen molar-refractivity contribution >= 4 is 17.4 Å². The van der Waals surface area contributed by atoms with E-state index in [0.29, 0.717) is 6.61 Å². The third kappa shape index (κ3) is 3.74. The average Bonchev–Trinajstić information content (AvgIpc) is 3.13. The van der Waals surface area contributed by atoms with Gasteiger partial charge in [-0.1, -0.05) is 24.1 Å². The van der Waals surface area contributed by atoms with Crippen molar-refractivity contribution in [2.75, 3.05) is 51.3 Å². The SMILES string of the molecule is Clc1ccc(C2(c3cc4n(n3)CCCN4)CCC2)c(OCCN2CCOCC2)c1. The van der Waals surface area contributed by atoms with Gasteiger partial charge in [-0.15, -0.1) is 0 Å². The van der Waals surface area contributed by atoms with E-state index in [2.05, 4.69) is 27.0 Å². The predicted octanol–water partition coefficient (Wildman–Crippen LogP) is 3.53. The van der Waals surface area contributed by atoms with Crippen LogP contribution in [0.25, 0.3) is 0 Å². The highest BCUT2D eigenvalue weighted by Gasteiger charge is 2.45. The molecule has 0 spiro atoms. The van der Waals surface area contributed by atoms with E-state index >= 15 is 0 Å². The monoisotopic (exact) mass is 416 g/mol. The molecule has 1 saturated heterocycles. The Balaban J connectivity index is 1.39. The number of anilines is 1. The van der Waals surface area contributed by atoms with E-state index < -0.39 is 0 Å². The van der Waals surface area contributed by atoms with E-state index in [1.807, 2.05) is 12.1 Å². The fourth-order valence-corrected chi connectivity index (χ4v) is 4.88. The molecule has 3 heterocycles. The highest BCUT2D eigenvalue weighted by atomic mass is 35.5. The zero-order chi connectivity index (χ0) is 19.7. The molecule has 0 bridgehead atoms. The number of morpholine rings is 1. The maximum atomic E-state index is 6.35. The van der Waals surface area contributed by atoms with Crippen molar-refractivity contribution in [3.8, 4) is 5.75 Å². The first-order valence-corrected chi connectivity index (χ1v) is 11.2. The van der Waals surface area contributed by atoms with Crippen LogP contribution in [0, 0.1) is 0 Å². The molecule has 1 aliphatic carbocycles. The van der Waals surface area contributed by atoms with Crippen LogP contribution in [0.3, 0.4) is 0 Å². The summed E-state index contributed by atoms with van der Waals surface area (Å²) < 4.78 is 13.9. The maximum absolute atomic E-state index is 6.35. The smallest absolute Gasteiger partial charge is 0.125 e. The first-order valence-electron chi connectivity index (χ1n) is 10.8. The fourth-order valence-electron chi connectivity index (χ4n) is 4.72. The molecule has 2 aliphatic heterocycles. The van der Waals surface area contributed by atoms with E-state index in [1.165, 1.54) is 12.0 Å². The number of nitrogens with zero attached hydrogens (tertiary/aromatic N) is 3. The summed E-state index contributed by atoms with van der Waals surface area (Å²) >= 11 is 6.35. The number of hydrogen-bond donors (Lipinski definition) is 1. The highest BCUT2D eigenvalue weighted by Crippen LogP contribution is 2.52. The van der Waals surface area contributed by atoms with Gasteiger partial charge in [0.1, 0.15) is 18.2 Å². The highest BCUT2D eigenvalue weighted by molar-refractivity contribution is 6.30. The second-order valence-corrected chi connectivity index (χ2v) is 8.73. The normalized spacial score (nSPS) is 21.1. The number of aromatic nitrogens is 2. The summed E-state index contributed by atoms with van der Waals surface area (Å²) in [5.41, 5.74) is 2.32. The van der Waals surface area contributed by atoms with Crippen LogP contribution in [0.4, 0.5) is 5.82 Å². The van der Waals surface area contributed by atoms with E-state index in [9.17, 15) is 0 Å². The molecule has 2 fully saturated rings. The molecule has 1 aromatic carbocycles. The van der Waals surface area contributed by atoms with E-state index in [-0.39, 0.29) is 5.41 Å². The second kappa shape index (κ2) is 8.17. The zero-order valence-corrected chi connectivity index (χ0v) is 17.6. The van der Waals surface area contributed by atoms with Crippen LogP contribution in [0.1, 0.15) is 36.9 Å².